The summed E-state index contributed by atoms with van der Waals surface area (Å²) in [6.07, 6.45) is 3.22. The molecular formula is C20H24N2O4. The number of para-hydroxylation sites is 1. The van der Waals surface area contributed by atoms with Gasteiger partial charge in [0, 0.05) is 12.1 Å². The van der Waals surface area contributed by atoms with Gasteiger partial charge < -0.3 is 14.6 Å². The third kappa shape index (κ3) is 3.85. The monoisotopic (exact) mass is 356 g/mol. The van der Waals surface area contributed by atoms with Gasteiger partial charge in [-0.15, -0.1) is 0 Å². The zero-order valence-corrected chi connectivity index (χ0v) is 15.3. The highest BCUT2D eigenvalue weighted by Crippen LogP contribution is 2.35. The fraction of sp³-hybridized carbons (Fsp3) is 0.450. The normalized spacial score (nSPS) is 22.8. The summed E-state index contributed by atoms with van der Waals surface area (Å²) in [5, 5.41) is 10.1. The van der Waals surface area contributed by atoms with Gasteiger partial charge in [-0.2, -0.15) is 0 Å². The van der Waals surface area contributed by atoms with Crippen molar-refractivity contribution in [3.8, 4) is 17.1 Å². The third-order valence-electron chi connectivity index (χ3n) is 4.54. The predicted octanol–water partition coefficient (Wildman–Crippen LogP) is 3.70. The van der Waals surface area contributed by atoms with E-state index in [-0.39, 0.29) is 23.9 Å². The summed E-state index contributed by atoms with van der Waals surface area (Å²) < 4.78 is 11.0. The molecule has 1 saturated heterocycles. The molecule has 0 spiro atoms. The summed E-state index contributed by atoms with van der Waals surface area (Å²) in [4.78, 5) is 21.4. The molecule has 6 heteroatoms. The van der Waals surface area contributed by atoms with E-state index in [1.807, 2.05) is 19.9 Å². The number of benzene rings is 1. The van der Waals surface area contributed by atoms with Crippen LogP contribution in [-0.2, 0) is 9.47 Å². The van der Waals surface area contributed by atoms with Crippen LogP contribution in [0, 0.1) is 0 Å². The number of aromatic hydroxyl groups is 1. The summed E-state index contributed by atoms with van der Waals surface area (Å²) in [5.41, 5.74) is 1.59. The predicted molar refractivity (Wildman–Crippen MR) is 97.1 cm³/mol. The number of rotatable bonds is 4. The SMILES string of the molecule is CCOC(=O)c1cnc(-c2ccccc2O)nc1C1CC(C)OC(C)C1. The number of carbonyl (C=O) groups excluding carboxylic acids is 1. The van der Waals surface area contributed by atoms with Crippen LogP contribution >= 0.6 is 0 Å². The van der Waals surface area contributed by atoms with Crippen molar-refractivity contribution in [3.05, 3.63) is 41.7 Å². The van der Waals surface area contributed by atoms with Crippen LogP contribution in [0.25, 0.3) is 11.4 Å². The van der Waals surface area contributed by atoms with Crippen LogP contribution in [-0.4, -0.2) is 39.9 Å². The Hall–Kier alpha value is -2.47. The molecule has 1 aromatic heterocycles. The number of nitrogens with zero attached hydrogens (tertiary/aromatic N) is 2. The van der Waals surface area contributed by atoms with E-state index < -0.39 is 5.97 Å². The molecule has 2 aromatic rings. The lowest BCUT2D eigenvalue weighted by Gasteiger charge is -2.32. The Morgan fingerprint density at radius 2 is 1.96 bits per heavy atom. The van der Waals surface area contributed by atoms with Gasteiger partial charge >= 0.3 is 5.97 Å². The molecule has 26 heavy (non-hydrogen) atoms. The fourth-order valence-electron chi connectivity index (χ4n) is 3.49. The van der Waals surface area contributed by atoms with Crippen LogP contribution in [0.4, 0.5) is 0 Å². The van der Waals surface area contributed by atoms with Gasteiger partial charge in [0.2, 0.25) is 0 Å². The van der Waals surface area contributed by atoms with Crippen LogP contribution in [0.1, 0.15) is 55.6 Å². The second-order valence-electron chi connectivity index (χ2n) is 6.66. The lowest BCUT2D eigenvalue weighted by atomic mass is 9.87. The molecule has 2 heterocycles. The van der Waals surface area contributed by atoms with Gasteiger partial charge in [0.1, 0.15) is 5.75 Å². The summed E-state index contributed by atoms with van der Waals surface area (Å²) in [6, 6.07) is 6.91. The highest BCUT2D eigenvalue weighted by molar-refractivity contribution is 5.90. The minimum atomic E-state index is -0.418. The van der Waals surface area contributed by atoms with E-state index in [4.69, 9.17) is 9.47 Å². The van der Waals surface area contributed by atoms with E-state index in [1.165, 1.54) is 6.20 Å². The minimum absolute atomic E-state index is 0.0701. The van der Waals surface area contributed by atoms with E-state index >= 15 is 0 Å². The molecule has 2 atom stereocenters. The second-order valence-corrected chi connectivity index (χ2v) is 6.66. The Bertz CT molecular complexity index is 783. The number of esters is 1. The van der Waals surface area contributed by atoms with Gasteiger partial charge in [0.15, 0.2) is 5.82 Å². The Kier molecular flexibility index (Phi) is 5.52. The zero-order valence-electron chi connectivity index (χ0n) is 15.3. The lowest BCUT2D eigenvalue weighted by Crippen LogP contribution is -2.29. The van der Waals surface area contributed by atoms with Crippen molar-refractivity contribution in [1.29, 1.82) is 0 Å². The Morgan fingerprint density at radius 1 is 1.27 bits per heavy atom. The van der Waals surface area contributed by atoms with E-state index in [0.29, 0.717) is 29.3 Å². The maximum Gasteiger partial charge on any atom is 0.341 e. The second kappa shape index (κ2) is 7.83. The van der Waals surface area contributed by atoms with E-state index in [0.717, 1.165) is 12.8 Å². The number of carbonyl (C=O) groups is 1. The number of phenols is 1. The number of phenolic OH excluding ortho intramolecular Hbond substituents is 1. The first-order valence-corrected chi connectivity index (χ1v) is 8.97. The Morgan fingerprint density at radius 3 is 2.62 bits per heavy atom. The molecule has 138 valence electrons. The minimum Gasteiger partial charge on any atom is -0.507 e. The molecule has 3 rings (SSSR count). The molecular weight excluding hydrogens is 332 g/mol. The average molecular weight is 356 g/mol. The smallest absolute Gasteiger partial charge is 0.341 e. The van der Waals surface area contributed by atoms with Gasteiger partial charge in [0.25, 0.3) is 0 Å². The van der Waals surface area contributed by atoms with Crippen molar-refractivity contribution in [1.82, 2.24) is 9.97 Å². The fourth-order valence-corrected chi connectivity index (χ4v) is 3.49. The van der Waals surface area contributed by atoms with Crippen LogP contribution in [0.3, 0.4) is 0 Å². The molecule has 0 radical (unpaired) electrons. The first kappa shape index (κ1) is 18.3. The highest BCUT2D eigenvalue weighted by Gasteiger charge is 2.31. The quantitative estimate of drug-likeness (QED) is 0.841. The van der Waals surface area contributed by atoms with Crippen LogP contribution < -0.4 is 0 Å². The lowest BCUT2D eigenvalue weighted by molar-refractivity contribution is -0.0387. The van der Waals surface area contributed by atoms with Crippen molar-refractivity contribution < 1.29 is 19.4 Å². The van der Waals surface area contributed by atoms with Gasteiger partial charge in [-0.3, -0.25) is 0 Å². The van der Waals surface area contributed by atoms with E-state index in [1.54, 1.807) is 25.1 Å². The highest BCUT2D eigenvalue weighted by atomic mass is 16.5. The van der Waals surface area contributed by atoms with Crippen LogP contribution in [0.15, 0.2) is 30.5 Å². The molecule has 0 bridgehead atoms. The van der Waals surface area contributed by atoms with Crippen molar-refractivity contribution in [2.45, 2.75) is 51.7 Å². The van der Waals surface area contributed by atoms with Crippen molar-refractivity contribution >= 4 is 5.97 Å². The topological polar surface area (TPSA) is 81.5 Å². The third-order valence-corrected chi connectivity index (χ3v) is 4.54. The summed E-state index contributed by atoms with van der Waals surface area (Å²) in [6.45, 7) is 6.11. The molecule has 1 fully saturated rings. The maximum atomic E-state index is 12.4. The number of hydrogen-bond donors (Lipinski definition) is 1. The molecule has 0 saturated carbocycles. The largest absolute Gasteiger partial charge is 0.507 e. The number of aromatic nitrogens is 2. The summed E-state index contributed by atoms with van der Waals surface area (Å²) in [5.74, 6) is 0.160. The Labute approximate surface area is 153 Å². The van der Waals surface area contributed by atoms with Gasteiger partial charge in [-0.05, 0) is 45.7 Å². The summed E-state index contributed by atoms with van der Waals surface area (Å²) >= 11 is 0. The standard InChI is InChI=1S/C20H24N2O4/c1-4-25-20(24)16-11-21-19(15-7-5-6-8-17(15)23)22-18(16)14-9-12(2)26-13(3)10-14/h5-8,11-14,23H,4,9-10H2,1-3H3. The molecule has 6 nitrogen and oxygen atoms in total. The average Bonchev–Trinajstić information content (AvgIpc) is 2.61. The molecule has 1 aliphatic heterocycles. The molecule has 0 aliphatic carbocycles. The zero-order chi connectivity index (χ0) is 18.7. The number of hydrogen-bond acceptors (Lipinski definition) is 6. The van der Waals surface area contributed by atoms with E-state index in [9.17, 15) is 9.90 Å². The summed E-state index contributed by atoms with van der Waals surface area (Å²) in [7, 11) is 0. The van der Waals surface area contributed by atoms with Crippen LogP contribution in [0.5, 0.6) is 5.75 Å². The first-order chi connectivity index (χ1) is 12.5. The van der Waals surface area contributed by atoms with Gasteiger partial charge in [-0.1, -0.05) is 12.1 Å². The van der Waals surface area contributed by atoms with Crippen LogP contribution in [0.2, 0.25) is 0 Å². The van der Waals surface area contributed by atoms with E-state index in [2.05, 4.69) is 9.97 Å². The van der Waals surface area contributed by atoms with Crippen molar-refractivity contribution in [2.24, 2.45) is 0 Å². The Balaban J connectivity index is 2.06. The van der Waals surface area contributed by atoms with Gasteiger partial charge in [-0.25, -0.2) is 14.8 Å². The molecule has 1 aromatic carbocycles. The molecule has 2 unspecified atom stereocenters. The first-order valence-electron chi connectivity index (χ1n) is 8.97. The molecule has 0 amide bonds. The molecule has 1 aliphatic rings. The van der Waals surface area contributed by atoms with Crippen molar-refractivity contribution in [3.63, 3.8) is 0 Å². The molecule has 1 N–H and O–H groups in total. The van der Waals surface area contributed by atoms with Crippen molar-refractivity contribution in [2.75, 3.05) is 6.61 Å². The van der Waals surface area contributed by atoms with Gasteiger partial charge in [0.05, 0.1) is 35.6 Å². The maximum absolute atomic E-state index is 12.4. The number of ether oxygens (including phenoxy) is 2.